The zero-order chi connectivity index (χ0) is 14.2. The first-order valence-corrected chi connectivity index (χ1v) is 8.99. The third kappa shape index (κ3) is 3.52. The molecule has 110 valence electrons. The van der Waals surface area contributed by atoms with Crippen molar-refractivity contribution in [3.8, 4) is 5.75 Å². The van der Waals surface area contributed by atoms with Gasteiger partial charge in [-0.05, 0) is 49.3 Å². The SMILES string of the molecule is O=S1(=O)CCC(CC(O)c2cccc(OC3CC3)c2)C1. The number of aliphatic hydroxyl groups excluding tert-OH is 1. The number of benzene rings is 1. The molecule has 0 bridgehead atoms. The Morgan fingerprint density at radius 1 is 1.30 bits per heavy atom. The van der Waals surface area contributed by atoms with Gasteiger partial charge in [-0.15, -0.1) is 0 Å². The second kappa shape index (κ2) is 5.37. The molecule has 1 aromatic carbocycles. The van der Waals surface area contributed by atoms with E-state index in [9.17, 15) is 13.5 Å². The van der Waals surface area contributed by atoms with Gasteiger partial charge < -0.3 is 9.84 Å². The van der Waals surface area contributed by atoms with E-state index in [1.165, 1.54) is 0 Å². The van der Waals surface area contributed by atoms with Gasteiger partial charge in [0, 0.05) is 0 Å². The molecule has 5 heteroatoms. The van der Waals surface area contributed by atoms with E-state index in [1.54, 1.807) is 0 Å². The van der Waals surface area contributed by atoms with Gasteiger partial charge in [-0.2, -0.15) is 0 Å². The van der Waals surface area contributed by atoms with Crippen LogP contribution in [0.25, 0.3) is 0 Å². The van der Waals surface area contributed by atoms with Crippen molar-refractivity contribution < 1.29 is 18.3 Å². The van der Waals surface area contributed by atoms with Gasteiger partial charge in [0.1, 0.15) is 5.75 Å². The quantitative estimate of drug-likeness (QED) is 0.903. The first kappa shape index (κ1) is 13.9. The molecule has 1 aliphatic heterocycles. The van der Waals surface area contributed by atoms with Gasteiger partial charge in [0.15, 0.2) is 9.84 Å². The lowest BCUT2D eigenvalue weighted by Crippen LogP contribution is -2.09. The number of rotatable bonds is 5. The van der Waals surface area contributed by atoms with Crippen molar-refractivity contribution in [2.24, 2.45) is 5.92 Å². The molecule has 1 N–H and O–H groups in total. The lowest BCUT2D eigenvalue weighted by Gasteiger charge is -2.16. The number of hydrogen-bond acceptors (Lipinski definition) is 4. The molecular formula is C15H20O4S. The van der Waals surface area contributed by atoms with Crippen LogP contribution in [0.15, 0.2) is 24.3 Å². The average Bonchev–Trinajstić information content (AvgIpc) is 3.14. The van der Waals surface area contributed by atoms with Crippen LogP contribution in [0.4, 0.5) is 0 Å². The van der Waals surface area contributed by atoms with Crippen LogP contribution in [0, 0.1) is 5.92 Å². The van der Waals surface area contributed by atoms with Gasteiger partial charge in [0.25, 0.3) is 0 Å². The molecule has 1 aliphatic carbocycles. The molecule has 1 aromatic rings. The van der Waals surface area contributed by atoms with Gasteiger partial charge in [-0.25, -0.2) is 8.42 Å². The van der Waals surface area contributed by atoms with E-state index in [1.807, 2.05) is 24.3 Å². The van der Waals surface area contributed by atoms with Gasteiger partial charge >= 0.3 is 0 Å². The van der Waals surface area contributed by atoms with E-state index in [-0.39, 0.29) is 17.4 Å². The van der Waals surface area contributed by atoms with Crippen LogP contribution in [-0.2, 0) is 9.84 Å². The van der Waals surface area contributed by atoms with Gasteiger partial charge in [0.05, 0.1) is 23.7 Å². The largest absolute Gasteiger partial charge is 0.490 e. The highest BCUT2D eigenvalue weighted by molar-refractivity contribution is 7.91. The smallest absolute Gasteiger partial charge is 0.150 e. The van der Waals surface area contributed by atoms with E-state index in [0.29, 0.717) is 18.9 Å². The standard InChI is InChI=1S/C15H20O4S/c16-15(8-11-6-7-20(17,18)10-11)12-2-1-3-14(9-12)19-13-4-5-13/h1-3,9,11,13,15-16H,4-8,10H2. The zero-order valence-electron chi connectivity index (χ0n) is 11.4. The highest BCUT2D eigenvalue weighted by Gasteiger charge is 2.30. The van der Waals surface area contributed by atoms with Gasteiger partial charge in [-0.1, -0.05) is 12.1 Å². The number of hydrogen-bond donors (Lipinski definition) is 1. The lowest BCUT2D eigenvalue weighted by atomic mass is 9.96. The lowest BCUT2D eigenvalue weighted by molar-refractivity contribution is 0.148. The fraction of sp³-hybridized carbons (Fsp3) is 0.600. The summed E-state index contributed by atoms with van der Waals surface area (Å²) in [5.41, 5.74) is 0.812. The molecule has 1 saturated carbocycles. The Hall–Kier alpha value is -1.07. The molecule has 0 spiro atoms. The first-order chi connectivity index (χ1) is 9.52. The van der Waals surface area contributed by atoms with Gasteiger partial charge in [-0.3, -0.25) is 0 Å². The Balaban J connectivity index is 1.62. The van der Waals surface area contributed by atoms with E-state index in [4.69, 9.17) is 4.74 Å². The topological polar surface area (TPSA) is 63.6 Å². The van der Waals surface area contributed by atoms with Crippen LogP contribution in [0.5, 0.6) is 5.75 Å². The summed E-state index contributed by atoms with van der Waals surface area (Å²) in [4.78, 5) is 0. The Bertz CT molecular complexity index is 577. The summed E-state index contributed by atoms with van der Waals surface area (Å²) >= 11 is 0. The van der Waals surface area contributed by atoms with Crippen LogP contribution in [-0.4, -0.2) is 31.1 Å². The summed E-state index contributed by atoms with van der Waals surface area (Å²) in [6.07, 6.45) is 3.10. The monoisotopic (exact) mass is 296 g/mol. The summed E-state index contributed by atoms with van der Waals surface area (Å²) in [5, 5.41) is 10.3. The molecule has 0 radical (unpaired) electrons. The van der Waals surface area contributed by atoms with E-state index < -0.39 is 15.9 Å². The van der Waals surface area contributed by atoms with Crippen molar-refractivity contribution >= 4 is 9.84 Å². The third-order valence-corrected chi connectivity index (χ3v) is 5.79. The number of sulfone groups is 1. The molecule has 0 amide bonds. The molecule has 2 aliphatic rings. The molecule has 4 nitrogen and oxygen atoms in total. The molecule has 2 unspecified atom stereocenters. The highest BCUT2D eigenvalue weighted by atomic mass is 32.2. The minimum Gasteiger partial charge on any atom is -0.490 e. The molecule has 0 aromatic heterocycles. The highest BCUT2D eigenvalue weighted by Crippen LogP contribution is 2.32. The normalized spacial score (nSPS) is 26.4. The number of aliphatic hydroxyl groups is 1. The van der Waals surface area contributed by atoms with Crippen LogP contribution < -0.4 is 4.74 Å². The molecule has 1 heterocycles. The third-order valence-electron chi connectivity index (χ3n) is 3.95. The van der Waals surface area contributed by atoms with E-state index in [0.717, 1.165) is 24.2 Å². The van der Waals surface area contributed by atoms with E-state index >= 15 is 0 Å². The van der Waals surface area contributed by atoms with Crippen LogP contribution in [0.1, 0.15) is 37.4 Å². The average molecular weight is 296 g/mol. The molecule has 2 atom stereocenters. The maximum absolute atomic E-state index is 11.4. The first-order valence-electron chi connectivity index (χ1n) is 7.17. The van der Waals surface area contributed by atoms with Crippen molar-refractivity contribution in [3.63, 3.8) is 0 Å². The van der Waals surface area contributed by atoms with Crippen molar-refractivity contribution in [1.82, 2.24) is 0 Å². The predicted molar refractivity (Wildman–Crippen MR) is 76.4 cm³/mol. The Labute approximate surface area is 119 Å². The zero-order valence-corrected chi connectivity index (χ0v) is 12.2. The van der Waals surface area contributed by atoms with Crippen molar-refractivity contribution in [2.45, 2.75) is 37.9 Å². The van der Waals surface area contributed by atoms with Crippen molar-refractivity contribution in [3.05, 3.63) is 29.8 Å². The second-order valence-corrected chi connectivity index (χ2v) is 8.14. The Morgan fingerprint density at radius 3 is 2.75 bits per heavy atom. The summed E-state index contributed by atoms with van der Waals surface area (Å²) in [5.74, 6) is 1.34. The maximum atomic E-state index is 11.4. The van der Waals surface area contributed by atoms with Crippen LogP contribution in [0.3, 0.4) is 0 Å². The van der Waals surface area contributed by atoms with Gasteiger partial charge in [0.2, 0.25) is 0 Å². The molecular weight excluding hydrogens is 276 g/mol. The fourth-order valence-corrected chi connectivity index (χ4v) is 4.56. The Morgan fingerprint density at radius 2 is 2.10 bits per heavy atom. The molecule has 1 saturated heterocycles. The van der Waals surface area contributed by atoms with Crippen LogP contribution >= 0.6 is 0 Å². The minimum absolute atomic E-state index is 0.0722. The molecule has 3 rings (SSSR count). The maximum Gasteiger partial charge on any atom is 0.150 e. The summed E-state index contributed by atoms with van der Waals surface area (Å²) in [6, 6.07) is 7.51. The van der Waals surface area contributed by atoms with Crippen LogP contribution in [0.2, 0.25) is 0 Å². The fourth-order valence-electron chi connectivity index (χ4n) is 2.68. The van der Waals surface area contributed by atoms with Crippen molar-refractivity contribution in [2.75, 3.05) is 11.5 Å². The molecule has 2 fully saturated rings. The van der Waals surface area contributed by atoms with E-state index in [2.05, 4.69) is 0 Å². The summed E-state index contributed by atoms with van der Waals surface area (Å²) in [7, 11) is -2.87. The number of ether oxygens (including phenoxy) is 1. The predicted octanol–water partition coefficient (Wildman–Crippen LogP) is 2.09. The van der Waals surface area contributed by atoms with Crippen molar-refractivity contribution in [1.29, 1.82) is 0 Å². The summed E-state index contributed by atoms with van der Waals surface area (Å²) < 4.78 is 28.6. The minimum atomic E-state index is -2.87. The Kier molecular flexibility index (Phi) is 3.73. The summed E-state index contributed by atoms with van der Waals surface area (Å²) in [6.45, 7) is 0. The second-order valence-electron chi connectivity index (χ2n) is 5.91. The molecule has 20 heavy (non-hydrogen) atoms.